The van der Waals surface area contributed by atoms with E-state index in [4.69, 9.17) is 5.11 Å². The van der Waals surface area contributed by atoms with E-state index in [9.17, 15) is 4.79 Å². The van der Waals surface area contributed by atoms with E-state index >= 15 is 0 Å². The average Bonchev–Trinajstić information content (AvgIpc) is 2.12. The lowest BCUT2D eigenvalue weighted by atomic mass is 10.2. The molecule has 1 N–H and O–H groups in total. The molecule has 1 atom stereocenters. The molecule has 0 radical (unpaired) electrons. The van der Waals surface area contributed by atoms with Crippen LogP contribution in [-0.4, -0.2) is 23.3 Å². The van der Waals surface area contributed by atoms with Gasteiger partial charge in [0, 0.05) is 0 Å². The number of nitrogens with zero attached hydrogens (tertiary/aromatic N) is 1. The van der Waals surface area contributed by atoms with Crippen LogP contribution in [0.25, 0.3) is 0 Å². The van der Waals surface area contributed by atoms with E-state index in [1.807, 2.05) is 0 Å². The van der Waals surface area contributed by atoms with Crippen molar-refractivity contribution >= 4 is 12.2 Å². The summed E-state index contributed by atoms with van der Waals surface area (Å²) < 4.78 is 0. The fraction of sp³-hybridized carbons (Fsp3) is 0.600. The summed E-state index contributed by atoms with van der Waals surface area (Å²) in [5.41, 5.74) is 0. The summed E-state index contributed by atoms with van der Waals surface area (Å²) in [6.07, 6.45) is 3.16. The molecule has 0 amide bonds. The number of hydrogen-bond acceptors (Lipinski definition) is 2. The first-order valence-electron chi connectivity index (χ1n) is 2.55. The highest BCUT2D eigenvalue weighted by Gasteiger charge is 2.17. The van der Waals surface area contributed by atoms with Crippen molar-refractivity contribution in [3.63, 3.8) is 0 Å². The summed E-state index contributed by atoms with van der Waals surface area (Å²) >= 11 is 0. The molecule has 0 aromatic carbocycles. The van der Waals surface area contributed by atoms with E-state index in [-0.39, 0.29) is 0 Å². The van der Waals surface area contributed by atoms with Crippen molar-refractivity contribution in [2.75, 3.05) is 0 Å². The first-order chi connectivity index (χ1) is 3.80. The summed E-state index contributed by atoms with van der Waals surface area (Å²) in [7, 11) is 0. The Hall–Kier alpha value is -0.860. The van der Waals surface area contributed by atoms with Gasteiger partial charge >= 0.3 is 5.97 Å². The Morgan fingerprint density at radius 1 is 1.88 bits per heavy atom. The maximum Gasteiger partial charge on any atom is 0.328 e. The Balaban J connectivity index is 2.48. The normalized spacial score (nSPS) is 26.2. The molecule has 0 fully saturated rings. The summed E-state index contributed by atoms with van der Waals surface area (Å²) in [4.78, 5) is 13.8. The molecule has 1 rings (SSSR count). The minimum atomic E-state index is -0.807. The van der Waals surface area contributed by atoms with Crippen LogP contribution in [0.1, 0.15) is 12.8 Å². The Labute approximate surface area is 47.0 Å². The van der Waals surface area contributed by atoms with Gasteiger partial charge in [0.25, 0.3) is 0 Å². The Morgan fingerprint density at radius 2 is 2.62 bits per heavy atom. The average molecular weight is 113 g/mol. The van der Waals surface area contributed by atoms with Crippen molar-refractivity contribution in [3.05, 3.63) is 0 Å². The lowest BCUT2D eigenvalue weighted by Gasteiger charge is -1.94. The third-order valence-electron chi connectivity index (χ3n) is 1.14. The largest absolute Gasteiger partial charge is 0.480 e. The summed E-state index contributed by atoms with van der Waals surface area (Å²) in [5, 5.41) is 8.30. The van der Waals surface area contributed by atoms with Crippen molar-refractivity contribution in [1.29, 1.82) is 0 Å². The Morgan fingerprint density at radius 3 is 2.88 bits per heavy atom. The molecule has 1 aliphatic heterocycles. The number of aliphatic carboxylic acids is 1. The smallest absolute Gasteiger partial charge is 0.328 e. The fourth-order valence-electron chi connectivity index (χ4n) is 0.696. The van der Waals surface area contributed by atoms with Gasteiger partial charge in [-0.05, 0) is 19.1 Å². The monoisotopic (exact) mass is 113 g/mol. The molecule has 1 aliphatic rings. The quantitative estimate of drug-likeness (QED) is 0.531. The molecule has 44 valence electrons. The molecule has 0 aliphatic carbocycles. The number of carbonyl (C=O) groups is 1. The number of aliphatic imine (C=N–C) groups is 1. The van der Waals surface area contributed by atoms with E-state index < -0.39 is 12.0 Å². The van der Waals surface area contributed by atoms with E-state index in [1.54, 1.807) is 6.21 Å². The third-order valence-corrected chi connectivity index (χ3v) is 1.14. The number of carboxylic acid groups (broad SMARTS) is 1. The number of carboxylic acids is 1. The van der Waals surface area contributed by atoms with Crippen LogP contribution in [0.2, 0.25) is 0 Å². The van der Waals surface area contributed by atoms with Crippen molar-refractivity contribution in [2.45, 2.75) is 18.9 Å². The second kappa shape index (κ2) is 1.94. The maximum atomic E-state index is 10.1. The first kappa shape index (κ1) is 5.28. The zero-order chi connectivity index (χ0) is 5.98. The molecule has 3 nitrogen and oxygen atoms in total. The van der Waals surface area contributed by atoms with Gasteiger partial charge in [-0.2, -0.15) is 0 Å². The number of rotatable bonds is 1. The molecule has 1 heterocycles. The highest BCUT2D eigenvalue weighted by atomic mass is 16.4. The molecule has 0 saturated carbocycles. The van der Waals surface area contributed by atoms with Crippen molar-refractivity contribution in [1.82, 2.24) is 0 Å². The van der Waals surface area contributed by atoms with Gasteiger partial charge in [-0.1, -0.05) is 0 Å². The first-order valence-corrected chi connectivity index (χ1v) is 2.55. The second-order valence-electron chi connectivity index (χ2n) is 1.76. The highest BCUT2D eigenvalue weighted by Crippen LogP contribution is 2.06. The predicted molar refractivity (Wildman–Crippen MR) is 29.1 cm³/mol. The van der Waals surface area contributed by atoms with Crippen LogP contribution in [0, 0.1) is 0 Å². The fourth-order valence-corrected chi connectivity index (χ4v) is 0.696. The Kier molecular flexibility index (Phi) is 1.28. The van der Waals surface area contributed by atoms with Crippen molar-refractivity contribution in [2.24, 2.45) is 4.99 Å². The van der Waals surface area contributed by atoms with Gasteiger partial charge in [0.1, 0.15) is 6.04 Å². The van der Waals surface area contributed by atoms with Crippen LogP contribution in [0.3, 0.4) is 0 Å². The SMILES string of the molecule is O=C(O)[C@@H]1CCC=N1. The number of hydrogen-bond donors (Lipinski definition) is 1. The molecule has 0 aromatic rings. The minimum absolute atomic E-state index is 0.449. The minimum Gasteiger partial charge on any atom is -0.480 e. The highest BCUT2D eigenvalue weighted by molar-refractivity contribution is 5.78. The van der Waals surface area contributed by atoms with Crippen LogP contribution in [0.15, 0.2) is 4.99 Å². The third kappa shape index (κ3) is 0.857. The van der Waals surface area contributed by atoms with Crippen molar-refractivity contribution < 1.29 is 9.90 Å². The van der Waals surface area contributed by atoms with Crippen LogP contribution in [0.4, 0.5) is 0 Å². The van der Waals surface area contributed by atoms with Crippen LogP contribution in [-0.2, 0) is 4.79 Å². The van der Waals surface area contributed by atoms with Crippen LogP contribution < -0.4 is 0 Å². The zero-order valence-electron chi connectivity index (χ0n) is 4.37. The lowest BCUT2D eigenvalue weighted by molar-refractivity contribution is -0.138. The molecule has 0 saturated heterocycles. The molecule has 0 aromatic heterocycles. The topological polar surface area (TPSA) is 49.7 Å². The van der Waals surface area contributed by atoms with Gasteiger partial charge in [0.15, 0.2) is 0 Å². The van der Waals surface area contributed by atoms with Gasteiger partial charge < -0.3 is 5.11 Å². The second-order valence-corrected chi connectivity index (χ2v) is 1.76. The van der Waals surface area contributed by atoms with Crippen molar-refractivity contribution in [3.8, 4) is 0 Å². The molecular weight excluding hydrogens is 106 g/mol. The van der Waals surface area contributed by atoms with E-state index in [1.165, 1.54) is 0 Å². The molecule has 3 heteroatoms. The Bertz CT molecular complexity index is 130. The lowest BCUT2D eigenvalue weighted by Crippen LogP contribution is -2.13. The van der Waals surface area contributed by atoms with Crippen LogP contribution >= 0.6 is 0 Å². The van der Waals surface area contributed by atoms with Gasteiger partial charge in [-0.15, -0.1) is 0 Å². The van der Waals surface area contributed by atoms with Gasteiger partial charge in [0.2, 0.25) is 0 Å². The zero-order valence-corrected chi connectivity index (χ0v) is 4.37. The standard InChI is InChI=1S/C5H7NO2/c7-5(8)4-2-1-3-6-4/h3-4H,1-2H2,(H,7,8)/t4-/m0/s1. The van der Waals surface area contributed by atoms with Gasteiger partial charge in [-0.25, -0.2) is 4.79 Å². The molecular formula is C5H7NO2. The summed E-state index contributed by atoms with van der Waals surface area (Å²) in [6.45, 7) is 0. The van der Waals surface area contributed by atoms with E-state index in [0.29, 0.717) is 6.42 Å². The van der Waals surface area contributed by atoms with Gasteiger partial charge in [0.05, 0.1) is 0 Å². The summed E-state index contributed by atoms with van der Waals surface area (Å²) in [5.74, 6) is -0.807. The molecule has 0 bridgehead atoms. The maximum absolute atomic E-state index is 10.1. The van der Waals surface area contributed by atoms with Crippen LogP contribution in [0.5, 0.6) is 0 Å². The molecule has 0 spiro atoms. The molecule has 0 unspecified atom stereocenters. The van der Waals surface area contributed by atoms with E-state index in [2.05, 4.69) is 4.99 Å². The summed E-state index contributed by atoms with van der Waals surface area (Å²) in [6, 6.07) is -0.449. The van der Waals surface area contributed by atoms with E-state index in [0.717, 1.165) is 6.42 Å². The predicted octanol–water partition coefficient (Wildman–Crippen LogP) is 0.304. The molecule has 8 heavy (non-hydrogen) atoms. The van der Waals surface area contributed by atoms with Gasteiger partial charge in [-0.3, -0.25) is 4.99 Å².